The maximum absolute atomic E-state index is 13.8. The lowest BCUT2D eigenvalue weighted by Gasteiger charge is -2.35. The molecule has 2 atom stereocenters. The van der Waals surface area contributed by atoms with Crippen LogP contribution in [0.25, 0.3) is 0 Å². The number of nitrogens with zero attached hydrogens (tertiary/aromatic N) is 2. The number of piperazine rings is 1. The molecule has 1 aliphatic carbocycles. The molecule has 0 unspecified atom stereocenters. The molecular weight excluding hydrogens is 369 g/mol. The van der Waals surface area contributed by atoms with Gasteiger partial charge < -0.3 is 9.80 Å². The van der Waals surface area contributed by atoms with E-state index in [0.29, 0.717) is 13.1 Å². The van der Waals surface area contributed by atoms with Gasteiger partial charge in [-0.1, -0.05) is 18.2 Å². The van der Waals surface area contributed by atoms with Gasteiger partial charge in [0.25, 0.3) is 5.91 Å². The monoisotopic (exact) mass is 388 g/mol. The molecule has 1 aliphatic heterocycles. The zero-order valence-electron chi connectivity index (χ0n) is 15.1. The third-order valence-corrected chi connectivity index (χ3v) is 5.46. The lowest BCUT2D eigenvalue weighted by atomic mass is 10.1. The summed E-state index contributed by atoms with van der Waals surface area (Å²) in [6.07, 6.45) is 0.726. The van der Waals surface area contributed by atoms with Gasteiger partial charge in [0.2, 0.25) is 5.91 Å². The van der Waals surface area contributed by atoms with Gasteiger partial charge in [-0.2, -0.15) is 0 Å². The second kappa shape index (κ2) is 7.30. The fourth-order valence-corrected chi connectivity index (χ4v) is 3.77. The fraction of sp³-hybridized carbons (Fsp3) is 0.333. The Morgan fingerprint density at radius 2 is 1.39 bits per heavy atom. The van der Waals surface area contributed by atoms with Crippen molar-refractivity contribution < 1.29 is 22.8 Å². The van der Waals surface area contributed by atoms with Gasteiger partial charge in [-0.15, -0.1) is 0 Å². The zero-order chi connectivity index (χ0) is 19.8. The van der Waals surface area contributed by atoms with Crippen LogP contribution in [0.4, 0.5) is 13.2 Å². The molecule has 2 fully saturated rings. The van der Waals surface area contributed by atoms with Crippen LogP contribution >= 0.6 is 0 Å². The number of carbonyl (C=O) groups excluding carboxylic acids is 2. The maximum atomic E-state index is 13.8. The van der Waals surface area contributed by atoms with Gasteiger partial charge >= 0.3 is 0 Å². The molecule has 28 heavy (non-hydrogen) atoms. The van der Waals surface area contributed by atoms with Crippen molar-refractivity contribution >= 4 is 11.8 Å². The molecule has 2 aliphatic rings. The summed E-state index contributed by atoms with van der Waals surface area (Å²) in [7, 11) is 0. The molecule has 2 aromatic rings. The van der Waals surface area contributed by atoms with Crippen molar-refractivity contribution in [3.8, 4) is 0 Å². The minimum absolute atomic E-state index is 0.0125. The van der Waals surface area contributed by atoms with E-state index in [4.69, 9.17) is 0 Å². The predicted octanol–water partition coefficient (Wildman–Crippen LogP) is 3.19. The molecule has 0 spiro atoms. The molecule has 146 valence electrons. The predicted molar refractivity (Wildman–Crippen MR) is 96.1 cm³/mol. The van der Waals surface area contributed by atoms with Crippen LogP contribution in [0.15, 0.2) is 42.5 Å². The quantitative estimate of drug-likeness (QED) is 0.810. The van der Waals surface area contributed by atoms with E-state index in [0.717, 1.165) is 24.1 Å². The van der Waals surface area contributed by atoms with E-state index in [1.54, 1.807) is 17.0 Å². The van der Waals surface area contributed by atoms with Gasteiger partial charge in [-0.25, -0.2) is 13.2 Å². The van der Waals surface area contributed by atoms with Crippen molar-refractivity contribution in [1.29, 1.82) is 0 Å². The molecular formula is C21H19F3N2O2. The summed E-state index contributed by atoms with van der Waals surface area (Å²) in [6.45, 7) is 1.11. The highest BCUT2D eigenvalue weighted by atomic mass is 19.1. The maximum Gasteiger partial charge on any atom is 0.259 e. The summed E-state index contributed by atoms with van der Waals surface area (Å²) in [4.78, 5) is 28.2. The SMILES string of the molecule is O=C(c1c(F)cccc1F)N1CCN(C(=O)[C@@H]2C[C@@H]2c2ccc(F)cc2)CC1. The van der Waals surface area contributed by atoms with Crippen molar-refractivity contribution in [1.82, 2.24) is 9.80 Å². The molecule has 0 bridgehead atoms. The Labute approximate surface area is 160 Å². The van der Waals surface area contributed by atoms with E-state index in [1.807, 2.05) is 0 Å². The van der Waals surface area contributed by atoms with E-state index in [2.05, 4.69) is 0 Å². The molecule has 4 nitrogen and oxygen atoms in total. The van der Waals surface area contributed by atoms with Gasteiger partial charge in [-0.3, -0.25) is 9.59 Å². The first-order valence-electron chi connectivity index (χ1n) is 9.23. The number of benzene rings is 2. The lowest BCUT2D eigenvalue weighted by Crippen LogP contribution is -2.51. The summed E-state index contributed by atoms with van der Waals surface area (Å²) < 4.78 is 40.7. The van der Waals surface area contributed by atoms with Gasteiger partial charge in [0.15, 0.2) is 0 Å². The fourth-order valence-electron chi connectivity index (χ4n) is 3.77. The molecule has 0 N–H and O–H groups in total. The highest BCUT2D eigenvalue weighted by molar-refractivity contribution is 5.95. The Bertz CT molecular complexity index is 888. The average Bonchev–Trinajstić information content (AvgIpc) is 3.49. The van der Waals surface area contributed by atoms with Crippen molar-refractivity contribution in [2.45, 2.75) is 12.3 Å². The summed E-state index contributed by atoms with van der Waals surface area (Å²) in [6, 6.07) is 9.51. The van der Waals surface area contributed by atoms with Crippen LogP contribution in [0.1, 0.15) is 28.3 Å². The lowest BCUT2D eigenvalue weighted by molar-refractivity contribution is -0.134. The summed E-state index contributed by atoms with van der Waals surface area (Å²) >= 11 is 0. The average molecular weight is 388 g/mol. The van der Waals surface area contributed by atoms with E-state index in [1.165, 1.54) is 23.1 Å². The standard InChI is InChI=1S/C21H19F3N2O2/c22-14-6-4-13(5-7-14)15-12-16(15)20(27)25-8-10-26(11-9-25)21(28)19-17(23)2-1-3-18(19)24/h1-7,15-16H,8-12H2/t15-,16-/m1/s1. The molecule has 1 heterocycles. The highest BCUT2D eigenvalue weighted by Gasteiger charge is 2.46. The van der Waals surface area contributed by atoms with Gasteiger partial charge in [-0.05, 0) is 42.2 Å². The normalized spacial score (nSPS) is 21.5. The second-order valence-electron chi connectivity index (χ2n) is 7.21. The van der Waals surface area contributed by atoms with Crippen LogP contribution in [0.5, 0.6) is 0 Å². The van der Waals surface area contributed by atoms with Gasteiger partial charge in [0.1, 0.15) is 23.0 Å². The molecule has 0 aromatic heterocycles. The van der Waals surface area contributed by atoms with Crippen molar-refractivity contribution in [2.75, 3.05) is 26.2 Å². The first kappa shape index (κ1) is 18.5. The third-order valence-electron chi connectivity index (χ3n) is 5.46. The molecule has 4 rings (SSSR count). The Hall–Kier alpha value is -2.83. The smallest absolute Gasteiger partial charge is 0.259 e. The topological polar surface area (TPSA) is 40.6 Å². The van der Waals surface area contributed by atoms with E-state index < -0.39 is 23.1 Å². The minimum atomic E-state index is -0.886. The highest BCUT2D eigenvalue weighted by Crippen LogP contribution is 2.48. The molecule has 1 saturated carbocycles. The molecule has 2 amide bonds. The van der Waals surface area contributed by atoms with Crippen LogP contribution in [-0.4, -0.2) is 47.8 Å². The number of rotatable bonds is 3. The first-order chi connectivity index (χ1) is 13.5. The Kier molecular flexibility index (Phi) is 4.83. The first-order valence-corrected chi connectivity index (χ1v) is 9.23. The van der Waals surface area contributed by atoms with Crippen LogP contribution < -0.4 is 0 Å². The van der Waals surface area contributed by atoms with Gasteiger partial charge in [0, 0.05) is 32.1 Å². The van der Waals surface area contributed by atoms with Gasteiger partial charge in [0.05, 0.1) is 0 Å². The number of hydrogen-bond acceptors (Lipinski definition) is 2. The van der Waals surface area contributed by atoms with Crippen LogP contribution in [0, 0.1) is 23.4 Å². The molecule has 1 saturated heterocycles. The molecule has 7 heteroatoms. The minimum Gasteiger partial charge on any atom is -0.339 e. The second-order valence-corrected chi connectivity index (χ2v) is 7.21. The zero-order valence-corrected chi connectivity index (χ0v) is 15.1. The molecule has 0 radical (unpaired) electrons. The number of hydrogen-bond donors (Lipinski definition) is 0. The number of halogens is 3. The van der Waals surface area contributed by atoms with Crippen molar-refractivity contribution in [3.05, 3.63) is 71.0 Å². The Balaban J connectivity index is 1.35. The number of carbonyl (C=O) groups is 2. The van der Waals surface area contributed by atoms with Crippen molar-refractivity contribution in [2.24, 2.45) is 5.92 Å². The summed E-state index contributed by atoms with van der Waals surface area (Å²) in [5.41, 5.74) is 0.393. The van der Waals surface area contributed by atoms with E-state index in [9.17, 15) is 22.8 Å². The Morgan fingerprint density at radius 1 is 0.821 bits per heavy atom. The van der Waals surface area contributed by atoms with E-state index in [-0.39, 0.29) is 36.6 Å². The summed E-state index contributed by atoms with van der Waals surface area (Å²) in [5.74, 6) is -2.79. The Morgan fingerprint density at radius 3 is 2.00 bits per heavy atom. The largest absolute Gasteiger partial charge is 0.339 e. The van der Waals surface area contributed by atoms with Crippen LogP contribution in [0.3, 0.4) is 0 Å². The molecule has 2 aromatic carbocycles. The van der Waals surface area contributed by atoms with Crippen molar-refractivity contribution in [3.63, 3.8) is 0 Å². The van der Waals surface area contributed by atoms with Crippen LogP contribution in [-0.2, 0) is 4.79 Å². The number of amides is 2. The summed E-state index contributed by atoms with van der Waals surface area (Å²) in [5, 5.41) is 0. The third kappa shape index (κ3) is 3.48. The van der Waals surface area contributed by atoms with E-state index >= 15 is 0 Å². The van der Waals surface area contributed by atoms with Crippen LogP contribution in [0.2, 0.25) is 0 Å².